The predicted molar refractivity (Wildman–Crippen MR) is 212 cm³/mol. The van der Waals surface area contributed by atoms with E-state index in [1.165, 1.54) is 11.1 Å². The molecule has 3 fully saturated rings. The van der Waals surface area contributed by atoms with E-state index in [-0.39, 0.29) is 10.3 Å². The minimum Gasteiger partial charge on any atom is -0.497 e. The molecule has 1 unspecified atom stereocenters. The molecule has 0 saturated carbocycles. The Morgan fingerprint density at radius 3 is 2.55 bits per heavy atom. The highest BCUT2D eigenvalue weighted by Gasteiger charge is 2.44. The summed E-state index contributed by atoms with van der Waals surface area (Å²) in [6, 6.07) is 18.6. The van der Waals surface area contributed by atoms with Crippen LogP contribution in [0.4, 0.5) is 24.9 Å². The molecule has 3 aliphatic rings. The first-order valence-corrected chi connectivity index (χ1v) is 20.0. The highest BCUT2D eigenvalue weighted by molar-refractivity contribution is 7.18. The van der Waals surface area contributed by atoms with Crippen molar-refractivity contribution in [2.75, 3.05) is 69.7 Å². The van der Waals surface area contributed by atoms with Crippen LogP contribution in [0.5, 0.6) is 5.75 Å². The van der Waals surface area contributed by atoms with Gasteiger partial charge in [0.25, 0.3) is 0 Å². The Morgan fingerprint density at radius 2 is 1.80 bits per heavy atom. The van der Waals surface area contributed by atoms with Crippen molar-refractivity contribution in [3.63, 3.8) is 0 Å². The molecule has 3 aliphatic heterocycles. The van der Waals surface area contributed by atoms with Gasteiger partial charge in [0.2, 0.25) is 5.95 Å². The molecule has 0 amide bonds. The Labute approximate surface area is 323 Å². The number of benzene rings is 2. The lowest BCUT2D eigenvalue weighted by Crippen LogP contribution is -2.48. The Morgan fingerprint density at radius 1 is 1.02 bits per heavy atom. The number of methoxy groups -OCH3 is 1. The van der Waals surface area contributed by atoms with Gasteiger partial charge in [0, 0.05) is 92.7 Å². The van der Waals surface area contributed by atoms with Crippen LogP contribution in [0.1, 0.15) is 47.0 Å². The van der Waals surface area contributed by atoms with Gasteiger partial charge in [0.15, 0.2) is 0 Å². The van der Waals surface area contributed by atoms with E-state index < -0.39 is 12.6 Å². The lowest BCUT2D eigenvalue weighted by atomic mass is 9.86. The number of aryl methyl sites for hydroxylation is 1. The molecule has 0 bridgehead atoms. The van der Waals surface area contributed by atoms with Crippen molar-refractivity contribution in [2.45, 2.75) is 65.0 Å². The van der Waals surface area contributed by atoms with E-state index in [0.717, 1.165) is 112 Å². The van der Waals surface area contributed by atoms with Gasteiger partial charge in [-0.05, 0) is 80.3 Å². The molecule has 8 rings (SSSR count). The van der Waals surface area contributed by atoms with Crippen molar-refractivity contribution in [3.8, 4) is 11.8 Å². The number of fused-ring (bicyclic) bond motifs is 2. The second kappa shape index (κ2) is 15.3. The maximum Gasteiger partial charge on any atom is 0.393 e. The predicted octanol–water partition coefficient (Wildman–Crippen LogP) is 6.95. The smallest absolute Gasteiger partial charge is 0.393 e. The number of nitrogens with zero attached hydrogens (tertiary/aromatic N) is 7. The summed E-state index contributed by atoms with van der Waals surface area (Å²) in [5, 5.41) is 18.7. The Bertz CT molecular complexity index is 2210. The van der Waals surface area contributed by atoms with Gasteiger partial charge in [-0.3, -0.25) is 9.80 Å². The largest absolute Gasteiger partial charge is 0.497 e. The quantitative estimate of drug-likeness (QED) is 0.148. The summed E-state index contributed by atoms with van der Waals surface area (Å²) in [6.45, 7) is 14.0. The number of halogens is 3. The van der Waals surface area contributed by atoms with Crippen molar-refractivity contribution < 1.29 is 17.9 Å². The summed E-state index contributed by atoms with van der Waals surface area (Å²) >= 11 is 1.09. The van der Waals surface area contributed by atoms with E-state index in [9.17, 15) is 18.4 Å². The summed E-state index contributed by atoms with van der Waals surface area (Å²) in [5.74, 6) is 1.87. The van der Waals surface area contributed by atoms with Crippen molar-refractivity contribution in [3.05, 3.63) is 75.8 Å². The molecule has 2 aromatic carbocycles. The third-order valence-corrected chi connectivity index (χ3v) is 12.9. The standard InChI is InChI=1S/C41H48F3N9OS/c1-27(51-16-12-46-13-17-51)23-53-31(21-45)18-34-28(2)30(6-9-36(34)53)24-50-14-10-40(25-50)11-15-52(26-40)37-35-19-33(20-41(42,43)44)55-38(35)49-39(48-37)47-22-29-4-7-32(54-3)8-5-29/h4-9,18-19,27,46H,10-17,20,22-26H2,1-3H3,(H,47,48,49)/t27-,40?/m0/s1. The SMILES string of the molecule is COc1ccc(CNc2nc(N3CCC4(CCN(Cc5ccc6c(cc(C#N)n6C[C@H](C)N6CCNCC6)c5C)C4)C3)c3cc(CC(F)(F)F)sc3n2)cc1. The van der Waals surface area contributed by atoms with Gasteiger partial charge in [-0.1, -0.05) is 18.2 Å². The van der Waals surface area contributed by atoms with Gasteiger partial charge < -0.3 is 24.8 Å². The second-order valence-electron chi connectivity index (χ2n) is 15.6. The number of nitrogens with one attached hydrogen (secondary N) is 2. The lowest BCUT2D eigenvalue weighted by Gasteiger charge is -2.33. The molecule has 2 N–H and O–H groups in total. The van der Waals surface area contributed by atoms with Crippen LogP contribution in [0.25, 0.3) is 21.1 Å². The fraction of sp³-hybridized carbons (Fsp3) is 0.488. The lowest BCUT2D eigenvalue weighted by molar-refractivity contribution is -0.126. The van der Waals surface area contributed by atoms with Crippen molar-refractivity contribution in [1.82, 2.24) is 29.7 Å². The van der Waals surface area contributed by atoms with Gasteiger partial charge in [-0.15, -0.1) is 11.3 Å². The van der Waals surface area contributed by atoms with E-state index in [1.807, 2.05) is 24.3 Å². The molecule has 2 atom stereocenters. The zero-order valence-electron chi connectivity index (χ0n) is 31.7. The Kier molecular flexibility index (Phi) is 10.4. The molecule has 10 nitrogen and oxygen atoms in total. The van der Waals surface area contributed by atoms with Crippen LogP contribution in [-0.4, -0.2) is 96.0 Å². The molecule has 0 aliphatic carbocycles. The van der Waals surface area contributed by atoms with Crippen LogP contribution in [-0.2, 0) is 26.1 Å². The number of anilines is 2. The number of aromatic nitrogens is 3. The minimum absolute atomic E-state index is 0.0637. The average molecular weight is 772 g/mol. The molecule has 0 radical (unpaired) electrons. The van der Waals surface area contributed by atoms with Crippen LogP contribution in [0.3, 0.4) is 0 Å². The van der Waals surface area contributed by atoms with Crippen LogP contribution in [0, 0.1) is 23.7 Å². The molecule has 3 aromatic heterocycles. The molecular formula is C41H48F3N9OS. The summed E-state index contributed by atoms with van der Waals surface area (Å²) in [4.78, 5) is 17.7. The highest BCUT2D eigenvalue weighted by Crippen LogP contribution is 2.44. The molecule has 55 heavy (non-hydrogen) atoms. The second-order valence-corrected chi connectivity index (χ2v) is 16.7. The first kappa shape index (κ1) is 37.5. The summed E-state index contributed by atoms with van der Waals surface area (Å²) < 4.78 is 47.9. The summed E-state index contributed by atoms with van der Waals surface area (Å²) in [6.07, 6.45) is -3.25. The number of thiophene rings is 1. The molecule has 290 valence electrons. The molecular weight excluding hydrogens is 724 g/mol. The van der Waals surface area contributed by atoms with Gasteiger partial charge in [0.1, 0.15) is 28.2 Å². The Hall–Kier alpha value is -4.42. The van der Waals surface area contributed by atoms with E-state index in [2.05, 4.69) is 73.0 Å². The van der Waals surface area contributed by atoms with E-state index in [4.69, 9.17) is 9.72 Å². The number of piperazine rings is 1. The zero-order chi connectivity index (χ0) is 38.3. The highest BCUT2D eigenvalue weighted by atomic mass is 32.1. The van der Waals surface area contributed by atoms with Crippen LogP contribution < -0.4 is 20.3 Å². The topological polar surface area (TPSA) is 97.5 Å². The fourth-order valence-corrected chi connectivity index (χ4v) is 9.88. The normalized spacial score (nSPS) is 20.2. The monoisotopic (exact) mass is 771 g/mol. The number of likely N-dealkylation sites (tertiary alicyclic amines) is 1. The molecule has 6 heterocycles. The van der Waals surface area contributed by atoms with E-state index >= 15 is 0 Å². The Balaban J connectivity index is 0.984. The van der Waals surface area contributed by atoms with Crippen molar-refractivity contribution in [1.29, 1.82) is 5.26 Å². The van der Waals surface area contributed by atoms with Crippen molar-refractivity contribution in [2.24, 2.45) is 5.41 Å². The maximum atomic E-state index is 13.5. The molecule has 3 saturated heterocycles. The maximum absolute atomic E-state index is 13.5. The van der Waals surface area contributed by atoms with Crippen LogP contribution in [0.2, 0.25) is 0 Å². The zero-order valence-corrected chi connectivity index (χ0v) is 32.5. The minimum atomic E-state index is -4.30. The molecule has 5 aromatic rings. The number of hydrogen-bond donors (Lipinski definition) is 2. The number of hydrogen-bond acceptors (Lipinski definition) is 10. The molecule has 1 spiro atoms. The first-order chi connectivity index (χ1) is 26.5. The number of rotatable bonds is 11. The van der Waals surface area contributed by atoms with E-state index in [0.29, 0.717) is 40.3 Å². The van der Waals surface area contributed by atoms with Crippen LogP contribution >= 0.6 is 11.3 Å². The number of ether oxygens (including phenoxy) is 1. The number of nitriles is 1. The van der Waals surface area contributed by atoms with Crippen molar-refractivity contribution >= 4 is 44.2 Å². The van der Waals surface area contributed by atoms with Gasteiger partial charge in [-0.2, -0.15) is 23.4 Å². The summed E-state index contributed by atoms with van der Waals surface area (Å²) in [7, 11) is 1.63. The van der Waals surface area contributed by atoms with Gasteiger partial charge in [-0.25, -0.2) is 4.98 Å². The third kappa shape index (κ3) is 7.98. The average Bonchev–Trinajstić information content (AvgIpc) is 3.97. The first-order valence-electron chi connectivity index (χ1n) is 19.2. The third-order valence-electron chi connectivity index (χ3n) is 11.9. The van der Waals surface area contributed by atoms with Gasteiger partial charge >= 0.3 is 6.18 Å². The fourth-order valence-electron chi connectivity index (χ4n) is 8.82. The number of alkyl halides is 3. The van der Waals surface area contributed by atoms with E-state index in [1.54, 1.807) is 13.2 Å². The van der Waals surface area contributed by atoms with Crippen LogP contribution in [0.15, 0.2) is 48.5 Å². The molecule has 14 heteroatoms. The van der Waals surface area contributed by atoms with Gasteiger partial charge in [0.05, 0.1) is 18.9 Å². The summed E-state index contributed by atoms with van der Waals surface area (Å²) in [5.41, 5.74) is 5.40.